The molecule has 1 heterocycles. The minimum absolute atomic E-state index is 0.387. The Labute approximate surface area is 144 Å². The van der Waals surface area contributed by atoms with Gasteiger partial charge in [0.15, 0.2) is 5.16 Å². The molecular weight excluding hydrogens is 326 g/mol. The van der Waals surface area contributed by atoms with E-state index in [4.69, 9.17) is 0 Å². The van der Waals surface area contributed by atoms with Crippen molar-refractivity contribution < 1.29 is 9.59 Å². The van der Waals surface area contributed by atoms with Crippen LogP contribution in [0.5, 0.6) is 0 Å². The van der Waals surface area contributed by atoms with Gasteiger partial charge in [0, 0.05) is 20.0 Å². The number of thioether (sulfide) groups is 1. The SMILES string of the molecule is CNC(=O)NC(=O)[C@H](Sc1nnc(C2CC2)n1C)c1ccccc1. The molecule has 1 aliphatic rings. The molecule has 3 rings (SSSR count). The zero-order valence-corrected chi connectivity index (χ0v) is 14.3. The third kappa shape index (κ3) is 3.59. The fraction of sp³-hybridized carbons (Fsp3) is 0.375. The minimum Gasteiger partial charge on any atom is -0.341 e. The number of carbonyl (C=O) groups is 2. The van der Waals surface area contributed by atoms with E-state index in [0.29, 0.717) is 11.1 Å². The van der Waals surface area contributed by atoms with Crippen LogP contribution in [0.25, 0.3) is 0 Å². The first kappa shape index (κ1) is 16.5. The number of amides is 3. The zero-order chi connectivity index (χ0) is 17.1. The summed E-state index contributed by atoms with van der Waals surface area (Å²) in [6.07, 6.45) is 2.27. The molecule has 24 heavy (non-hydrogen) atoms. The van der Waals surface area contributed by atoms with E-state index in [0.717, 1.165) is 24.2 Å². The summed E-state index contributed by atoms with van der Waals surface area (Å²) in [4.78, 5) is 24.0. The first-order valence-corrected chi connectivity index (χ1v) is 8.61. The zero-order valence-electron chi connectivity index (χ0n) is 13.5. The van der Waals surface area contributed by atoms with Crippen molar-refractivity contribution in [2.45, 2.75) is 29.2 Å². The molecule has 2 N–H and O–H groups in total. The standard InChI is InChI=1S/C16H19N5O2S/c1-17-15(23)18-14(22)12(10-6-4-3-5-7-10)24-16-20-19-13(21(16)2)11-8-9-11/h3-7,11-12H,8-9H2,1-2H3,(H2,17,18,22,23)/t12-/m1/s1. The van der Waals surface area contributed by atoms with Crippen LogP contribution in [0.2, 0.25) is 0 Å². The summed E-state index contributed by atoms with van der Waals surface area (Å²) in [5, 5.41) is 13.3. The predicted molar refractivity (Wildman–Crippen MR) is 90.6 cm³/mol. The van der Waals surface area contributed by atoms with Crippen LogP contribution in [0.15, 0.2) is 35.5 Å². The molecule has 0 unspecified atom stereocenters. The van der Waals surface area contributed by atoms with Crippen LogP contribution in [-0.2, 0) is 11.8 Å². The quantitative estimate of drug-likeness (QED) is 0.809. The van der Waals surface area contributed by atoms with Crippen molar-refractivity contribution in [3.63, 3.8) is 0 Å². The summed E-state index contributed by atoms with van der Waals surface area (Å²) in [7, 11) is 3.38. The number of imide groups is 1. The van der Waals surface area contributed by atoms with Crippen LogP contribution in [0.4, 0.5) is 4.79 Å². The van der Waals surface area contributed by atoms with Gasteiger partial charge >= 0.3 is 6.03 Å². The molecule has 3 amide bonds. The number of benzene rings is 1. The Bertz CT molecular complexity index is 742. The second-order valence-corrected chi connectivity index (χ2v) is 6.72. The number of nitrogens with one attached hydrogen (secondary N) is 2. The Kier molecular flexibility index (Phi) is 4.84. The van der Waals surface area contributed by atoms with Gasteiger partial charge in [0.05, 0.1) is 0 Å². The van der Waals surface area contributed by atoms with Gasteiger partial charge in [0.2, 0.25) is 5.91 Å². The number of carbonyl (C=O) groups excluding carboxylic acids is 2. The molecule has 0 spiro atoms. The van der Waals surface area contributed by atoms with Crippen molar-refractivity contribution in [3.05, 3.63) is 41.7 Å². The second kappa shape index (κ2) is 7.04. The summed E-state index contributed by atoms with van der Waals surface area (Å²) in [5.41, 5.74) is 0.805. The van der Waals surface area contributed by atoms with Crippen molar-refractivity contribution in [1.82, 2.24) is 25.4 Å². The molecule has 0 bridgehead atoms. The molecule has 2 aromatic rings. The molecule has 7 nitrogen and oxygen atoms in total. The maximum atomic E-state index is 12.5. The maximum Gasteiger partial charge on any atom is 0.321 e. The van der Waals surface area contributed by atoms with E-state index in [1.165, 1.54) is 18.8 Å². The Hall–Kier alpha value is -2.35. The van der Waals surface area contributed by atoms with E-state index < -0.39 is 11.3 Å². The average molecular weight is 345 g/mol. The topological polar surface area (TPSA) is 88.9 Å². The number of rotatable bonds is 5. The lowest BCUT2D eigenvalue weighted by Gasteiger charge is -2.15. The third-order valence-corrected chi connectivity index (χ3v) is 5.13. The molecule has 0 radical (unpaired) electrons. The van der Waals surface area contributed by atoms with E-state index >= 15 is 0 Å². The highest BCUT2D eigenvalue weighted by atomic mass is 32.2. The van der Waals surface area contributed by atoms with Gasteiger partial charge in [-0.3, -0.25) is 10.1 Å². The van der Waals surface area contributed by atoms with Gasteiger partial charge in [-0.2, -0.15) is 0 Å². The van der Waals surface area contributed by atoms with E-state index in [2.05, 4.69) is 20.8 Å². The van der Waals surface area contributed by atoms with Crippen molar-refractivity contribution in [2.75, 3.05) is 7.05 Å². The number of aromatic nitrogens is 3. The molecule has 1 saturated carbocycles. The highest BCUT2D eigenvalue weighted by Crippen LogP contribution is 2.41. The number of hydrogen-bond donors (Lipinski definition) is 2. The van der Waals surface area contributed by atoms with Crippen LogP contribution in [0.3, 0.4) is 0 Å². The van der Waals surface area contributed by atoms with E-state index in [9.17, 15) is 9.59 Å². The summed E-state index contributed by atoms with van der Waals surface area (Å²) in [6.45, 7) is 0. The van der Waals surface area contributed by atoms with Crippen molar-refractivity contribution in [2.24, 2.45) is 7.05 Å². The van der Waals surface area contributed by atoms with Crippen LogP contribution < -0.4 is 10.6 Å². The highest BCUT2D eigenvalue weighted by Gasteiger charge is 2.31. The van der Waals surface area contributed by atoms with Gasteiger partial charge in [0.1, 0.15) is 11.1 Å². The molecule has 1 aliphatic carbocycles. The van der Waals surface area contributed by atoms with Gasteiger partial charge in [-0.1, -0.05) is 42.1 Å². The molecule has 1 atom stereocenters. The van der Waals surface area contributed by atoms with Gasteiger partial charge in [-0.15, -0.1) is 10.2 Å². The summed E-state index contributed by atoms with van der Waals surface area (Å²) in [5.74, 6) is 1.05. The first-order chi connectivity index (χ1) is 11.6. The lowest BCUT2D eigenvalue weighted by Crippen LogP contribution is -2.39. The van der Waals surface area contributed by atoms with E-state index in [-0.39, 0.29) is 5.91 Å². The summed E-state index contributed by atoms with van der Waals surface area (Å²) >= 11 is 1.29. The first-order valence-electron chi connectivity index (χ1n) is 7.73. The Morgan fingerprint density at radius 1 is 1.25 bits per heavy atom. The van der Waals surface area contributed by atoms with Crippen molar-refractivity contribution >= 4 is 23.7 Å². The van der Waals surface area contributed by atoms with Crippen LogP contribution in [0, 0.1) is 0 Å². The predicted octanol–water partition coefficient (Wildman–Crippen LogP) is 1.98. The molecule has 1 fully saturated rings. The van der Waals surface area contributed by atoms with Crippen LogP contribution >= 0.6 is 11.8 Å². The molecule has 0 aliphatic heterocycles. The smallest absolute Gasteiger partial charge is 0.321 e. The van der Waals surface area contributed by atoms with E-state index in [1.807, 2.05) is 41.9 Å². The van der Waals surface area contributed by atoms with Crippen LogP contribution in [0.1, 0.15) is 35.4 Å². The summed E-state index contributed by atoms with van der Waals surface area (Å²) in [6, 6.07) is 8.80. The van der Waals surface area contributed by atoms with Crippen molar-refractivity contribution in [1.29, 1.82) is 0 Å². The van der Waals surface area contributed by atoms with Gasteiger partial charge in [-0.05, 0) is 18.4 Å². The lowest BCUT2D eigenvalue weighted by molar-refractivity contribution is -0.119. The maximum absolute atomic E-state index is 12.5. The normalized spacial score (nSPS) is 14.9. The van der Waals surface area contributed by atoms with Gasteiger partial charge < -0.3 is 9.88 Å². The molecule has 0 saturated heterocycles. The summed E-state index contributed by atoms with van der Waals surface area (Å²) < 4.78 is 1.94. The molecule has 126 valence electrons. The molecular formula is C16H19N5O2S. The highest BCUT2D eigenvalue weighted by molar-refractivity contribution is 8.00. The molecule has 8 heteroatoms. The van der Waals surface area contributed by atoms with E-state index in [1.54, 1.807) is 0 Å². The van der Waals surface area contributed by atoms with Gasteiger partial charge in [-0.25, -0.2) is 4.79 Å². The van der Waals surface area contributed by atoms with Crippen molar-refractivity contribution in [3.8, 4) is 0 Å². The monoisotopic (exact) mass is 345 g/mol. The van der Waals surface area contributed by atoms with Gasteiger partial charge in [0.25, 0.3) is 0 Å². The third-order valence-electron chi connectivity index (χ3n) is 3.84. The second-order valence-electron chi connectivity index (χ2n) is 5.65. The Morgan fingerprint density at radius 2 is 1.96 bits per heavy atom. The number of hydrogen-bond acceptors (Lipinski definition) is 5. The minimum atomic E-state index is -0.585. The molecule has 1 aromatic carbocycles. The largest absolute Gasteiger partial charge is 0.341 e. The number of urea groups is 1. The fourth-order valence-corrected chi connectivity index (χ4v) is 3.38. The Balaban J connectivity index is 1.84. The van der Waals surface area contributed by atoms with Crippen LogP contribution in [-0.4, -0.2) is 33.8 Å². The molecule has 1 aromatic heterocycles. The fourth-order valence-electron chi connectivity index (χ4n) is 2.37. The Morgan fingerprint density at radius 3 is 2.58 bits per heavy atom. The number of nitrogens with zero attached hydrogens (tertiary/aromatic N) is 3. The average Bonchev–Trinajstić information content (AvgIpc) is 3.37. The lowest BCUT2D eigenvalue weighted by atomic mass is 10.1.